The summed E-state index contributed by atoms with van der Waals surface area (Å²) in [6.45, 7) is 4.21. The summed E-state index contributed by atoms with van der Waals surface area (Å²) >= 11 is 0. The highest BCUT2D eigenvalue weighted by Gasteiger charge is 2.14. The van der Waals surface area contributed by atoms with E-state index in [1.54, 1.807) is 11.8 Å². The molecule has 0 amide bonds. The molecule has 0 saturated carbocycles. The fourth-order valence-corrected chi connectivity index (χ4v) is 2.15. The van der Waals surface area contributed by atoms with E-state index in [9.17, 15) is 4.79 Å². The highest BCUT2D eigenvalue weighted by molar-refractivity contribution is 5.83. The summed E-state index contributed by atoms with van der Waals surface area (Å²) in [6.07, 6.45) is 2.79. The minimum Gasteiger partial charge on any atom is -0.496 e. The summed E-state index contributed by atoms with van der Waals surface area (Å²) in [5.41, 5.74) is 3.63. The standard InChI is InChI=1S/C15H18N2O2/c1-10(2)15-13(8-17(3)16-15)11-5-6-14(19-4)12(7-11)9-18/h5-10H,1-4H3. The first-order chi connectivity index (χ1) is 9.06. The van der Waals surface area contributed by atoms with Crippen molar-refractivity contribution in [3.63, 3.8) is 0 Å². The molecule has 0 aliphatic carbocycles. The van der Waals surface area contributed by atoms with Crippen molar-refractivity contribution in [2.75, 3.05) is 7.11 Å². The summed E-state index contributed by atoms with van der Waals surface area (Å²) < 4.78 is 6.96. The van der Waals surface area contributed by atoms with Gasteiger partial charge in [-0.05, 0) is 23.6 Å². The number of aromatic nitrogens is 2. The van der Waals surface area contributed by atoms with Gasteiger partial charge in [-0.25, -0.2) is 0 Å². The number of hydrogen-bond acceptors (Lipinski definition) is 3. The number of carbonyl (C=O) groups is 1. The predicted octanol–water partition coefficient (Wildman–Crippen LogP) is 3.03. The lowest BCUT2D eigenvalue weighted by molar-refractivity contribution is 0.112. The van der Waals surface area contributed by atoms with Crippen LogP contribution in [0.2, 0.25) is 0 Å². The van der Waals surface area contributed by atoms with Crippen LogP contribution >= 0.6 is 0 Å². The van der Waals surface area contributed by atoms with Crippen molar-refractivity contribution in [1.29, 1.82) is 0 Å². The van der Waals surface area contributed by atoms with Gasteiger partial charge in [0.1, 0.15) is 5.75 Å². The molecule has 0 N–H and O–H groups in total. The monoisotopic (exact) mass is 258 g/mol. The Bertz CT molecular complexity index is 600. The number of aldehydes is 1. The molecule has 100 valence electrons. The van der Waals surface area contributed by atoms with Gasteiger partial charge in [-0.2, -0.15) is 5.10 Å². The zero-order valence-corrected chi connectivity index (χ0v) is 11.7. The number of carbonyl (C=O) groups excluding carboxylic acids is 1. The van der Waals surface area contributed by atoms with E-state index in [-0.39, 0.29) is 0 Å². The van der Waals surface area contributed by atoms with Crippen molar-refractivity contribution >= 4 is 6.29 Å². The number of aryl methyl sites for hydroxylation is 1. The van der Waals surface area contributed by atoms with Crippen LogP contribution in [-0.4, -0.2) is 23.2 Å². The average Bonchev–Trinajstić information content (AvgIpc) is 2.80. The molecule has 1 heterocycles. The predicted molar refractivity (Wildman–Crippen MR) is 74.7 cm³/mol. The molecule has 0 radical (unpaired) electrons. The quantitative estimate of drug-likeness (QED) is 0.792. The van der Waals surface area contributed by atoms with E-state index >= 15 is 0 Å². The molecule has 19 heavy (non-hydrogen) atoms. The number of ether oxygens (including phenoxy) is 1. The number of hydrogen-bond donors (Lipinski definition) is 0. The third-order valence-corrected chi connectivity index (χ3v) is 3.07. The van der Waals surface area contributed by atoms with E-state index in [4.69, 9.17) is 4.74 Å². The van der Waals surface area contributed by atoms with Gasteiger partial charge in [0.05, 0.1) is 18.4 Å². The molecule has 0 fully saturated rings. The first-order valence-electron chi connectivity index (χ1n) is 6.24. The molecule has 0 bridgehead atoms. The van der Waals surface area contributed by atoms with Crippen LogP contribution in [0.4, 0.5) is 0 Å². The molecule has 0 atom stereocenters. The van der Waals surface area contributed by atoms with E-state index in [2.05, 4.69) is 18.9 Å². The van der Waals surface area contributed by atoms with Crippen LogP contribution < -0.4 is 4.74 Å². The third-order valence-electron chi connectivity index (χ3n) is 3.07. The van der Waals surface area contributed by atoms with Gasteiger partial charge in [0, 0.05) is 18.8 Å². The minimum atomic E-state index is 0.331. The van der Waals surface area contributed by atoms with Crippen LogP contribution in [0.15, 0.2) is 24.4 Å². The second-order valence-electron chi connectivity index (χ2n) is 4.83. The maximum absolute atomic E-state index is 11.1. The average molecular weight is 258 g/mol. The van der Waals surface area contributed by atoms with Gasteiger partial charge in [-0.1, -0.05) is 19.9 Å². The number of benzene rings is 1. The maximum Gasteiger partial charge on any atom is 0.153 e. The van der Waals surface area contributed by atoms with Crippen molar-refractivity contribution in [1.82, 2.24) is 9.78 Å². The molecule has 1 aromatic carbocycles. The zero-order chi connectivity index (χ0) is 14.0. The molecule has 1 aromatic heterocycles. The molecular formula is C15H18N2O2. The topological polar surface area (TPSA) is 44.1 Å². The number of methoxy groups -OCH3 is 1. The first kappa shape index (κ1) is 13.3. The zero-order valence-electron chi connectivity index (χ0n) is 11.7. The summed E-state index contributed by atoms with van der Waals surface area (Å²) in [5.74, 6) is 0.923. The van der Waals surface area contributed by atoms with E-state index in [0.29, 0.717) is 17.2 Å². The second kappa shape index (κ2) is 5.26. The van der Waals surface area contributed by atoms with Crippen molar-refractivity contribution in [2.45, 2.75) is 19.8 Å². The Labute approximate surface area is 113 Å². The number of rotatable bonds is 4. The molecule has 4 nitrogen and oxygen atoms in total. The highest BCUT2D eigenvalue weighted by atomic mass is 16.5. The van der Waals surface area contributed by atoms with Gasteiger partial charge in [0.15, 0.2) is 6.29 Å². The fraction of sp³-hybridized carbons (Fsp3) is 0.333. The van der Waals surface area contributed by atoms with Gasteiger partial charge in [-0.15, -0.1) is 0 Å². The van der Waals surface area contributed by atoms with Crippen molar-refractivity contribution in [3.8, 4) is 16.9 Å². The molecule has 2 aromatic rings. The van der Waals surface area contributed by atoms with Crippen LogP contribution in [0.25, 0.3) is 11.1 Å². The maximum atomic E-state index is 11.1. The van der Waals surface area contributed by atoms with Gasteiger partial charge in [0.2, 0.25) is 0 Å². The Morgan fingerprint density at radius 1 is 1.37 bits per heavy atom. The lowest BCUT2D eigenvalue weighted by Crippen LogP contribution is -1.95. The van der Waals surface area contributed by atoms with E-state index in [0.717, 1.165) is 23.1 Å². The van der Waals surface area contributed by atoms with Gasteiger partial charge in [0.25, 0.3) is 0 Å². The second-order valence-corrected chi connectivity index (χ2v) is 4.83. The molecular weight excluding hydrogens is 240 g/mol. The molecule has 0 saturated heterocycles. The third kappa shape index (κ3) is 2.52. The Hall–Kier alpha value is -2.10. The SMILES string of the molecule is COc1ccc(-c2cn(C)nc2C(C)C)cc1C=O. The Kier molecular flexibility index (Phi) is 3.69. The molecule has 0 aliphatic heterocycles. The Morgan fingerprint density at radius 3 is 2.68 bits per heavy atom. The Morgan fingerprint density at radius 2 is 2.11 bits per heavy atom. The van der Waals surface area contributed by atoms with Crippen LogP contribution in [0, 0.1) is 0 Å². The van der Waals surface area contributed by atoms with Crippen LogP contribution in [-0.2, 0) is 7.05 Å². The van der Waals surface area contributed by atoms with E-state index in [1.165, 1.54) is 0 Å². The lowest BCUT2D eigenvalue weighted by atomic mass is 9.98. The summed E-state index contributed by atoms with van der Waals surface area (Å²) in [5, 5.41) is 4.48. The summed E-state index contributed by atoms with van der Waals surface area (Å²) in [7, 11) is 3.46. The molecule has 0 unspecified atom stereocenters. The lowest BCUT2D eigenvalue weighted by Gasteiger charge is -2.08. The summed E-state index contributed by atoms with van der Waals surface area (Å²) in [6, 6.07) is 5.61. The smallest absolute Gasteiger partial charge is 0.153 e. The largest absolute Gasteiger partial charge is 0.496 e. The Balaban J connectivity index is 2.56. The van der Waals surface area contributed by atoms with Crippen LogP contribution in [0.3, 0.4) is 0 Å². The molecule has 2 rings (SSSR count). The molecule has 0 aliphatic rings. The van der Waals surface area contributed by atoms with Gasteiger partial charge >= 0.3 is 0 Å². The van der Waals surface area contributed by atoms with Crippen molar-refractivity contribution in [3.05, 3.63) is 35.7 Å². The minimum absolute atomic E-state index is 0.331. The van der Waals surface area contributed by atoms with Gasteiger partial charge in [-0.3, -0.25) is 9.48 Å². The fourth-order valence-electron chi connectivity index (χ4n) is 2.15. The van der Waals surface area contributed by atoms with Crippen molar-refractivity contribution < 1.29 is 9.53 Å². The molecule has 0 spiro atoms. The van der Waals surface area contributed by atoms with Crippen LogP contribution in [0.1, 0.15) is 35.8 Å². The normalized spacial score (nSPS) is 10.8. The van der Waals surface area contributed by atoms with Crippen molar-refractivity contribution in [2.24, 2.45) is 7.05 Å². The first-order valence-corrected chi connectivity index (χ1v) is 6.24. The summed E-state index contributed by atoms with van der Waals surface area (Å²) in [4.78, 5) is 11.1. The van der Waals surface area contributed by atoms with E-state index < -0.39 is 0 Å². The number of nitrogens with zero attached hydrogens (tertiary/aromatic N) is 2. The van der Waals surface area contributed by atoms with Gasteiger partial charge < -0.3 is 4.74 Å². The van der Waals surface area contributed by atoms with Crippen LogP contribution in [0.5, 0.6) is 5.75 Å². The molecule has 4 heteroatoms. The van der Waals surface area contributed by atoms with E-state index in [1.807, 2.05) is 31.4 Å². The highest BCUT2D eigenvalue weighted by Crippen LogP contribution is 2.30.